The van der Waals surface area contributed by atoms with E-state index in [1.807, 2.05) is 7.05 Å². The van der Waals surface area contributed by atoms with Crippen LogP contribution < -0.4 is 15.5 Å². The van der Waals surface area contributed by atoms with Crippen LogP contribution in [0.2, 0.25) is 0 Å². The first-order valence-electron chi connectivity index (χ1n) is 8.37. The van der Waals surface area contributed by atoms with Crippen molar-refractivity contribution in [3.8, 4) is 0 Å². The lowest BCUT2D eigenvalue weighted by molar-refractivity contribution is 0.555. The van der Waals surface area contributed by atoms with Crippen LogP contribution in [0.3, 0.4) is 0 Å². The van der Waals surface area contributed by atoms with Gasteiger partial charge in [-0.05, 0) is 43.4 Å². The van der Waals surface area contributed by atoms with Crippen molar-refractivity contribution in [3.05, 3.63) is 40.9 Å². The molecule has 1 aliphatic carbocycles. The van der Waals surface area contributed by atoms with Crippen LogP contribution in [-0.2, 0) is 0 Å². The van der Waals surface area contributed by atoms with Crippen molar-refractivity contribution in [3.63, 3.8) is 0 Å². The molecule has 3 rings (SSSR count). The van der Waals surface area contributed by atoms with E-state index in [1.54, 1.807) is 0 Å². The van der Waals surface area contributed by atoms with Gasteiger partial charge in [0.05, 0.1) is 0 Å². The van der Waals surface area contributed by atoms with Crippen molar-refractivity contribution in [2.75, 3.05) is 31.6 Å². The summed E-state index contributed by atoms with van der Waals surface area (Å²) in [5, 5.41) is 6.99. The normalized spacial score (nSPS) is 21.9. The summed E-state index contributed by atoms with van der Waals surface area (Å²) in [7, 11) is 1.85. The lowest BCUT2D eigenvalue weighted by atomic mass is 10.1. The highest BCUT2D eigenvalue weighted by molar-refractivity contribution is 9.10. The first kappa shape index (κ1) is 16.4. The molecule has 0 spiro atoms. The Kier molecular flexibility index (Phi) is 5.60. The smallest absolute Gasteiger partial charge is 0.191 e. The Balaban J connectivity index is 1.46. The van der Waals surface area contributed by atoms with Gasteiger partial charge in [-0.2, -0.15) is 0 Å². The molecular weight excluding hydrogens is 352 g/mol. The Morgan fingerprint density at radius 2 is 2.17 bits per heavy atom. The van der Waals surface area contributed by atoms with E-state index in [4.69, 9.17) is 0 Å². The molecule has 1 aromatic rings. The molecule has 0 bridgehead atoms. The third-order valence-corrected chi connectivity index (χ3v) is 5.08. The van der Waals surface area contributed by atoms with Crippen LogP contribution in [0.1, 0.15) is 19.3 Å². The fraction of sp³-hybridized carbons (Fsp3) is 0.500. The number of nitrogens with one attached hydrogen (secondary N) is 2. The van der Waals surface area contributed by atoms with Crippen LogP contribution in [0.15, 0.2) is 45.9 Å². The molecule has 1 saturated heterocycles. The lowest BCUT2D eigenvalue weighted by Gasteiger charge is -2.21. The number of hydrogen-bond acceptors (Lipinski definition) is 2. The summed E-state index contributed by atoms with van der Waals surface area (Å²) in [4.78, 5) is 6.81. The van der Waals surface area contributed by atoms with Gasteiger partial charge in [-0.15, -0.1) is 0 Å². The molecule has 2 aliphatic rings. The fourth-order valence-corrected chi connectivity index (χ4v) is 3.66. The molecule has 1 heterocycles. The Hall–Kier alpha value is -1.49. The number of guanidine groups is 1. The molecule has 1 aliphatic heterocycles. The molecule has 0 amide bonds. The minimum absolute atomic E-state index is 0.503. The van der Waals surface area contributed by atoms with E-state index in [1.165, 1.54) is 12.1 Å². The number of anilines is 1. The lowest BCUT2D eigenvalue weighted by Crippen LogP contribution is -2.44. The molecule has 23 heavy (non-hydrogen) atoms. The number of aliphatic imine (C=N–C) groups is 1. The van der Waals surface area contributed by atoms with Gasteiger partial charge in [-0.25, -0.2) is 0 Å². The van der Waals surface area contributed by atoms with Gasteiger partial charge in [0, 0.05) is 42.9 Å². The molecule has 1 fully saturated rings. The summed E-state index contributed by atoms with van der Waals surface area (Å²) in [5.41, 5.74) is 1.31. The zero-order chi connectivity index (χ0) is 16.1. The van der Waals surface area contributed by atoms with Crippen molar-refractivity contribution in [2.45, 2.75) is 25.3 Å². The second kappa shape index (κ2) is 7.86. The SMILES string of the molecule is CN=C(NCC1CCN(c2cccc(Br)c2)C1)NC1CC=CC1. The van der Waals surface area contributed by atoms with E-state index in [-0.39, 0.29) is 0 Å². The van der Waals surface area contributed by atoms with Crippen LogP contribution >= 0.6 is 15.9 Å². The second-order valence-electron chi connectivity index (χ2n) is 6.32. The Morgan fingerprint density at radius 1 is 1.35 bits per heavy atom. The van der Waals surface area contributed by atoms with Crippen molar-refractivity contribution in [1.29, 1.82) is 0 Å². The molecule has 4 nitrogen and oxygen atoms in total. The summed E-state index contributed by atoms with van der Waals surface area (Å²) in [6, 6.07) is 9.07. The number of rotatable bonds is 4. The molecule has 2 N–H and O–H groups in total. The quantitative estimate of drug-likeness (QED) is 0.481. The second-order valence-corrected chi connectivity index (χ2v) is 7.23. The summed E-state index contributed by atoms with van der Waals surface area (Å²) < 4.78 is 1.14. The van der Waals surface area contributed by atoms with Crippen LogP contribution in [0.4, 0.5) is 5.69 Å². The maximum absolute atomic E-state index is 4.35. The monoisotopic (exact) mass is 376 g/mol. The highest BCUT2D eigenvalue weighted by atomic mass is 79.9. The van der Waals surface area contributed by atoms with Crippen LogP contribution in [0, 0.1) is 5.92 Å². The van der Waals surface area contributed by atoms with E-state index in [0.29, 0.717) is 12.0 Å². The molecule has 1 atom stereocenters. The van der Waals surface area contributed by atoms with E-state index in [2.05, 4.69) is 72.9 Å². The van der Waals surface area contributed by atoms with Crippen molar-refractivity contribution >= 4 is 27.6 Å². The zero-order valence-corrected chi connectivity index (χ0v) is 15.2. The molecule has 0 aromatic heterocycles. The molecule has 0 radical (unpaired) electrons. The van der Waals surface area contributed by atoms with Gasteiger partial charge < -0.3 is 15.5 Å². The maximum Gasteiger partial charge on any atom is 0.191 e. The number of benzene rings is 1. The predicted octanol–water partition coefficient (Wildman–Crippen LogP) is 3.16. The first-order valence-corrected chi connectivity index (χ1v) is 9.16. The number of nitrogens with zero attached hydrogens (tertiary/aromatic N) is 2. The van der Waals surface area contributed by atoms with Gasteiger partial charge in [0.15, 0.2) is 5.96 Å². The van der Waals surface area contributed by atoms with Gasteiger partial charge in [0.2, 0.25) is 0 Å². The van der Waals surface area contributed by atoms with Gasteiger partial charge in [-0.1, -0.05) is 34.1 Å². The summed E-state index contributed by atoms with van der Waals surface area (Å²) in [6.07, 6.45) is 7.89. The fourth-order valence-electron chi connectivity index (χ4n) is 3.27. The first-order chi connectivity index (χ1) is 11.2. The van der Waals surface area contributed by atoms with Crippen LogP contribution in [-0.4, -0.2) is 38.7 Å². The summed E-state index contributed by atoms with van der Waals surface area (Å²) in [6.45, 7) is 3.21. The summed E-state index contributed by atoms with van der Waals surface area (Å²) >= 11 is 3.56. The van der Waals surface area contributed by atoms with Gasteiger partial charge in [0.1, 0.15) is 0 Å². The van der Waals surface area contributed by atoms with Crippen LogP contribution in [0.5, 0.6) is 0 Å². The average molecular weight is 377 g/mol. The minimum Gasteiger partial charge on any atom is -0.371 e. The highest BCUT2D eigenvalue weighted by Crippen LogP contribution is 2.25. The standard InChI is InChI=1S/C18H25BrN4/c1-20-18(22-16-6-2-3-7-16)21-12-14-9-10-23(13-14)17-8-4-5-15(19)11-17/h2-5,8,11,14,16H,6-7,9-10,12-13H2,1H3,(H2,20,21,22). The molecule has 124 valence electrons. The molecular formula is C18H25BrN4. The molecule has 0 saturated carbocycles. The zero-order valence-electron chi connectivity index (χ0n) is 13.6. The Morgan fingerprint density at radius 3 is 2.91 bits per heavy atom. The Labute approximate surface area is 147 Å². The van der Waals surface area contributed by atoms with E-state index >= 15 is 0 Å². The summed E-state index contributed by atoms with van der Waals surface area (Å²) in [5.74, 6) is 1.59. The third-order valence-electron chi connectivity index (χ3n) is 4.59. The molecule has 1 unspecified atom stereocenters. The van der Waals surface area contributed by atoms with Crippen molar-refractivity contribution in [2.24, 2.45) is 10.9 Å². The maximum atomic E-state index is 4.35. The van der Waals surface area contributed by atoms with Crippen LogP contribution in [0.25, 0.3) is 0 Å². The van der Waals surface area contributed by atoms with Gasteiger partial charge in [-0.3, -0.25) is 4.99 Å². The largest absolute Gasteiger partial charge is 0.371 e. The highest BCUT2D eigenvalue weighted by Gasteiger charge is 2.23. The third kappa shape index (κ3) is 4.50. The minimum atomic E-state index is 0.503. The number of halogens is 1. The van der Waals surface area contributed by atoms with E-state index < -0.39 is 0 Å². The molecule has 1 aromatic carbocycles. The average Bonchev–Trinajstić information content (AvgIpc) is 3.23. The van der Waals surface area contributed by atoms with Gasteiger partial charge in [0.25, 0.3) is 0 Å². The van der Waals surface area contributed by atoms with Crippen molar-refractivity contribution in [1.82, 2.24) is 10.6 Å². The van der Waals surface area contributed by atoms with E-state index in [0.717, 1.165) is 42.9 Å². The van der Waals surface area contributed by atoms with E-state index in [9.17, 15) is 0 Å². The number of hydrogen-bond donors (Lipinski definition) is 2. The Bertz CT molecular complexity index is 576. The van der Waals surface area contributed by atoms with Crippen molar-refractivity contribution < 1.29 is 0 Å². The topological polar surface area (TPSA) is 39.7 Å². The molecule has 5 heteroatoms. The van der Waals surface area contributed by atoms with Gasteiger partial charge >= 0.3 is 0 Å². The predicted molar refractivity (Wildman–Crippen MR) is 101 cm³/mol.